The van der Waals surface area contributed by atoms with Crippen molar-refractivity contribution < 1.29 is 9.47 Å². The Morgan fingerprint density at radius 2 is 2.00 bits per heavy atom. The van der Waals surface area contributed by atoms with Crippen LogP contribution in [0.2, 0.25) is 0 Å². The van der Waals surface area contributed by atoms with Crippen LogP contribution >= 0.6 is 0 Å². The third kappa shape index (κ3) is 3.32. The van der Waals surface area contributed by atoms with Crippen molar-refractivity contribution in [1.29, 1.82) is 0 Å². The SMILES string of the molecule is NC(CCC1CCCC1)C1CCOC2(CCOC2)C1. The van der Waals surface area contributed by atoms with E-state index in [0.717, 1.165) is 45.0 Å². The molecular formula is C16H29NO2. The fraction of sp³-hybridized carbons (Fsp3) is 1.00. The highest BCUT2D eigenvalue weighted by molar-refractivity contribution is 4.93. The van der Waals surface area contributed by atoms with Gasteiger partial charge < -0.3 is 15.2 Å². The van der Waals surface area contributed by atoms with Crippen molar-refractivity contribution in [3.05, 3.63) is 0 Å². The van der Waals surface area contributed by atoms with Gasteiger partial charge in [-0.25, -0.2) is 0 Å². The molecule has 2 heterocycles. The van der Waals surface area contributed by atoms with Gasteiger partial charge in [-0.15, -0.1) is 0 Å². The van der Waals surface area contributed by atoms with Crippen LogP contribution in [0.25, 0.3) is 0 Å². The molecule has 3 fully saturated rings. The molecule has 110 valence electrons. The van der Waals surface area contributed by atoms with E-state index in [1.54, 1.807) is 0 Å². The maximum atomic E-state index is 6.48. The summed E-state index contributed by atoms with van der Waals surface area (Å²) < 4.78 is 11.5. The van der Waals surface area contributed by atoms with Crippen LogP contribution in [0.1, 0.15) is 57.8 Å². The Hall–Kier alpha value is -0.120. The van der Waals surface area contributed by atoms with Gasteiger partial charge >= 0.3 is 0 Å². The third-order valence-electron chi connectivity index (χ3n) is 5.59. The summed E-state index contributed by atoms with van der Waals surface area (Å²) >= 11 is 0. The minimum atomic E-state index is 0.0217. The van der Waals surface area contributed by atoms with Crippen LogP contribution in [0.4, 0.5) is 0 Å². The summed E-state index contributed by atoms with van der Waals surface area (Å²) in [7, 11) is 0. The molecule has 1 aliphatic carbocycles. The van der Waals surface area contributed by atoms with Gasteiger partial charge in [0.15, 0.2) is 0 Å². The molecular weight excluding hydrogens is 238 g/mol. The maximum Gasteiger partial charge on any atom is 0.0939 e. The summed E-state index contributed by atoms with van der Waals surface area (Å²) in [6.07, 6.45) is 11.7. The minimum absolute atomic E-state index is 0.0217. The van der Waals surface area contributed by atoms with E-state index < -0.39 is 0 Å². The zero-order chi connectivity index (χ0) is 13.1. The molecule has 2 N–H and O–H groups in total. The first-order valence-corrected chi connectivity index (χ1v) is 8.25. The maximum absolute atomic E-state index is 6.48. The van der Waals surface area contributed by atoms with E-state index in [2.05, 4.69) is 0 Å². The lowest BCUT2D eigenvalue weighted by molar-refractivity contribution is -0.101. The molecule has 3 aliphatic rings. The molecule has 3 rings (SSSR count). The van der Waals surface area contributed by atoms with E-state index in [0.29, 0.717) is 12.0 Å². The van der Waals surface area contributed by atoms with Gasteiger partial charge in [0, 0.05) is 25.7 Å². The second kappa shape index (κ2) is 6.11. The summed E-state index contributed by atoms with van der Waals surface area (Å²) in [6.45, 7) is 2.54. The number of hydrogen-bond acceptors (Lipinski definition) is 3. The van der Waals surface area contributed by atoms with Gasteiger partial charge in [-0.1, -0.05) is 25.7 Å². The number of rotatable bonds is 4. The minimum Gasteiger partial charge on any atom is -0.378 e. The Morgan fingerprint density at radius 3 is 2.74 bits per heavy atom. The standard InChI is InChI=1S/C16H29NO2/c17-15(6-5-13-3-1-2-4-13)14-7-9-19-16(11-14)8-10-18-12-16/h13-15H,1-12,17H2. The van der Waals surface area contributed by atoms with Gasteiger partial charge in [0.1, 0.15) is 0 Å². The van der Waals surface area contributed by atoms with Crippen molar-refractivity contribution in [1.82, 2.24) is 0 Å². The quantitative estimate of drug-likeness (QED) is 0.852. The molecule has 2 aliphatic heterocycles. The normalized spacial score (nSPS) is 38.1. The first kappa shape index (κ1) is 13.8. The predicted molar refractivity (Wildman–Crippen MR) is 76.0 cm³/mol. The Kier molecular flexibility index (Phi) is 4.45. The molecule has 0 radical (unpaired) electrons. The summed E-state index contributed by atoms with van der Waals surface area (Å²) in [5, 5.41) is 0. The van der Waals surface area contributed by atoms with Crippen molar-refractivity contribution in [2.45, 2.75) is 69.4 Å². The van der Waals surface area contributed by atoms with Crippen LogP contribution in [0.3, 0.4) is 0 Å². The zero-order valence-electron chi connectivity index (χ0n) is 12.1. The van der Waals surface area contributed by atoms with Gasteiger partial charge in [0.2, 0.25) is 0 Å². The van der Waals surface area contributed by atoms with Crippen molar-refractivity contribution >= 4 is 0 Å². The number of ether oxygens (including phenoxy) is 2. The average molecular weight is 267 g/mol. The molecule has 1 saturated carbocycles. The van der Waals surface area contributed by atoms with Crippen LogP contribution in [-0.2, 0) is 9.47 Å². The third-order valence-corrected chi connectivity index (χ3v) is 5.59. The number of hydrogen-bond donors (Lipinski definition) is 1. The van der Waals surface area contributed by atoms with Crippen LogP contribution in [0, 0.1) is 11.8 Å². The van der Waals surface area contributed by atoms with Crippen molar-refractivity contribution in [2.75, 3.05) is 19.8 Å². The van der Waals surface area contributed by atoms with E-state index in [4.69, 9.17) is 15.2 Å². The highest BCUT2D eigenvalue weighted by Crippen LogP contribution is 2.38. The first-order valence-electron chi connectivity index (χ1n) is 8.25. The molecule has 1 spiro atoms. The molecule has 0 bridgehead atoms. The highest BCUT2D eigenvalue weighted by atomic mass is 16.6. The van der Waals surface area contributed by atoms with Crippen LogP contribution < -0.4 is 5.73 Å². The largest absolute Gasteiger partial charge is 0.378 e. The summed E-state index contributed by atoms with van der Waals surface area (Å²) in [4.78, 5) is 0. The molecule has 3 unspecified atom stereocenters. The zero-order valence-corrected chi connectivity index (χ0v) is 12.1. The lowest BCUT2D eigenvalue weighted by Gasteiger charge is -2.39. The fourth-order valence-electron chi connectivity index (χ4n) is 4.26. The summed E-state index contributed by atoms with van der Waals surface area (Å²) in [6, 6.07) is 0.377. The Morgan fingerprint density at radius 1 is 1.16 bits per heavy atom. The molecule has 0 aromatic heterocycles. The predicted octanol–water partition coefficient (Wildman–Crippen LogP) is 2.87. The monoisotopic (exact) mass is 267 g/mol. The van der Waals surface area contributed by atoms with Crippen LogP contribution in [0.5, 0.6) is 0 Å². The molecule has 0 aromatic rings. The van der Waals surface area contributed by atoms with E-state index >= 15 is 0 Å². The second-order valence-electron chi connectivity index (χ2n) is 6.98. The van der Waals surface area contributed by atoms with E-state index in [9.17, 15) is 0 Å². The molecule has 2 saturated heterocycles. The Balaban J connectivity index is 1.47. The van der Waals surface area contributed by atoms with Crippen molar-refractivity contribution in [2.24, 2.45) is 17.6 Å². The van der Waals surface area contributed by atoms with E-state index in [1.807, 2.05) is 0 Å². The molecule has 19 heavy (non-hydrogen) atoms. The smallest absolute Gasteiger partial charge is 0.0939 e. The summed E-state index contributed by atoms with van der Waals surface area (Å²) in [5.41, 5.74) is 6.50. The van der Waals surface area contributed by atoms with Gasteiger partial charge in [-0.3, -0.25) is 0 Å². The second-order valence-corrected chi connectivity index (χ2v) is 6.98. The molecule has 3 heteroatoms. The van der Waals surface area contributed by atoms with Crippen LogP contribution in [-0.4, -0.2) is 31.5 Å². The molecule has 3 atom stereocenters. The van der Waals surface area contributed by atoms with Gasteiger partial charge in [0.25, 0.3) is 0 Å². The van der Waals surface area contributed by atoms with E-state index in [1.165, 1.54) is 38.5 Å². The van der Waals surface area contributed by atoms with Crippen molar-refractivity contribution in [3.8, 4) is 0 Å². The molecule has 0 aromatic carbocycles. The highest BCUT2D eigenvalue weighted by Gasteiger charge is 2.42. The first-order chi connectivity index (χ1) is 9.27. The van der Waals surface area contributed by atoms with Crippen LogP contribution in [0.15, 0.2) is 0 Å². The fourth-order valence-corrected chi connectivity index (χ4v) is 4.26. The van der Waals surface area contributed by atoms with Crippen molar-refractivity contribution in [3.63, 3.8) is 0 Å². The Labute approximate surface area is 117 Å². The van der Waals surface area contributed by atoms with Gasteiger partial charge in [-0.2, -0.15) is 0 Å². The number of nitrogens with two attached hydrogens (primary N) is 1. The molecule has 0 amide bonds. The molecule has 3 nitrogen and oxygen atoms in total. The summed E-state index contributed by atoms with van der Waals surface area (Å²) in [5.74, 6) is 1.62. The topological polar surface area (TPSA) is 44.5 Å². The lowest BCUT2D eigenvalue weighted by atomic mass is 9.79. The van der Waals surface area contributed by atoms with E-state index in [-0.39, 0.29) is 5.60 Å². The van der Waals surface area contributed by atoms with Gasteiger partial charge in [0.05, 0.1) is 12.2 Å². The van der Waals surface area contributed by atoms with Gasteiger partial charge in [-0.05, 0) is 37.5 Å². The lowest BCUT2D eigenvalue weighted by Crippen LogP contribution is -2.45. The average Bonchev–Trinajstić information content (AvgIpc) is 3.08. The Bertz CT molecular complexity index is 282.